The minimum atomic E-state index is -0.0998. The first-order valence-electron chi connectivity index (χ1n) is 7.85. The molecule has 130 valence electrons. The molecule has 0 aliphatic carbocycles. The fourth-order valence-corrected chi connectivity index (χ4v) is 2.94. The first-order chi connectivity index (χ1) is 11.1. The van der Waals surface area contributed by atoms with E-state index < -0.39 is 0 Å². The van der Waals surface area contributed by atoms with E-state index in [2.05, 4.69) is 19.1 Å². The average molecular weight is 351 g/mol. The maximum atomic E-state index is 12.8. The zero-order chi connectivity index (χ0) is 16.4. The number of nitrogens with two attached hydrogens (primary N) is 1. The number of carbonyl (C=O) groups excluding carboxylic acids is 1. The maximum Gasteiger partial charge on any atom is 0.257 e. The van der Waals surface area contributed by atoms with E-state index >= 15 is 0 Å². The second-order valence-electron chi connectivity index (χ2n) is 5.99. The number of amides is 1. The van der Waals surface area contributed by atoms with Crippen LogP contribution in [0.4, 0.5) is 0 Å². The van der Waals surface area contributed by atoms with Crippen molar-refractivity contribution < 1.29 is 13.9 Å². The monoisotopic (exact) mass is 350 g/mol. The van der Waals surface area contributed by atoms with Gasteiger partial charge in [0.25, 0.3) is 5.91 Å². The number of rotatable bonds is 3. The number of furan rings is 1. The van der Waals surface area contributed by atoms with Crippen LogP contribution >= 0.6 is 12.4 Å². The van der Waals surface area contributed by atoms with Gasteiger partial charge in [-0.15, -0.1) is 12.4 Å². The van der Waals surface area contributed by atoms with Gasteiger partial charge in [-0.2, -0.15) is 0 Å². The topological polar surface area (TPSA) is 68.7 Å². The molecule has 2 atom stereocenters. The van der Waals surface area contributed by atoms with Gasteiger partial charge in [-0.1, -0.05) is 24.3 Å². The van der Waals surface area contributed by atoms with Gasteiger partial charge in [-0.3, -0.25) is 4.79 Å². The number of benzene rings is 1. The van der Waals surface area contributed by atoms with Crippen molar-refractivity contribution in [2.45, 2.75) is 32.5 Å². The molecule has 0 radical (unpaired) electrons. The molecule has 5 nitrogen and oxygen atoms in total. The van der Waals surface area contributed by atoms with Gasteiger partial charge in [0.1, 0.15) is 18.1 Å². The third-order valence-corrected chi connectivity index (χ3v) is 4.33. The molecule has 2 N–H and O–H groups in total. The lowest BCUT2D eigenvalue weighted by molar-refractivity contribution is -0.0489. The molecular formula is C18H23ClN2O3. The molecule has 1 aromatic heterocycles. The largest absolute Gasteiger partial charge is 0.467 e. The number of nitrogens with zero attached hydrogens (tertiary/aromatic N) is 1. The van der Waals surface area contributed by atoms with Crippen LogP contribution in [0.2, 0.25) is 0 Å². The molecule has 0 bridgehead atoms. The van der Waals surface area contributed by atoms with Gasteiger partial charge < -0.3 is 19.8 Å². The molecule has 24 heavy (non-hydrogen) atoms. The van der Waals surface area contributed by atoms with Crippen LogP contribution in [0.5, 0.6) is 0 Å². The molecule has 1 aromatic carbocycles. The van der Waals surface area contributed by atoms with E-state index in [1.54, 1.807) is 6.07 Å². The van der Waals surface area contributed by atoms with Crippen LogP contribution < -0.4 is 5.73 Å². The number of hydrogen-bond acceptors (Lipinski definition) is 4. The summed E-state index contributed by atoms with van der Waals surface area (Å²) in [5.74, 6) is 0.576. The van der Waals surface area contributed by atoms with Gasteiger partial charge >= 0.3 is 0 Å². The zero-order valence-electron chi connectivity index (χ0n) is 13.9. The number of morpholine rings is 1. The standard InChI is InChI=1S/C18H22N2O3.ClH/c1-12-5-3-4-6-16(12)17-9-20(13(2)10-23-17)18(21)14-7-15(8-19)22-11-14;/h3-7,11,13,17H,8-10,19H2,1-2H3;1H. The highest BCUT2D eigenvalue weighted by atomic mass is 35.5. The van der Waals surface area contributed by atoms with Crippen LogP contribution in [0.3, 0.4) is 0 Å². The Morgan fingerprint density at radius 1 is 1.38 bits per heavy atom. The van der Waals surface area contributed by atoms with E-state index in [1.807, 2.05) is 24.0 Å². The molecule has 2 aromatic rings. The Balaban J connectivity index is 0.00000208. The molecule has 1 fully saturated rings. The summed E-state index contributed by atoms with van der Waals surface area (Å²) in [6, 6.07) is 9.87. The predicted octanol–water partition coefficient (Wildman–Crippen LogP) is 3.07. The molecule has 0 saturated carbocycles. The first kappa shape index (κ1) is 18.5. The summed E-state index contributed by atoms with van der Waals surface area (Å²) in [6.45, 7) is 5.40. The molecule has 0 spiro atoms. The maximum absolute atomic E-state index is 12.8. The summed E-state index contributed by atoms with van der Waals surface area (Å²) in [5.41, 5.74) is 8.40. The summed E-state index contributed by atoms with van der Waals surface area (Å²) in [4.78, 5) is 14.6. The molecule has 1 aliphatic rings. The fourth-order valence-electron chi connectivity index (χ4n) is 2.94. The molecule has 1 saturated heterocycles. The van der Waals surface area contributed by atoms with Crippen molar-refractivity contribution in [2.75, 3.05) is 13.2 Å². The number of hydrogen-bond donors (Lipinski definition) is 1. The number of ether oxygens (including phenoxy) is 1. The van der Waals surface area contributed by atoms with Crippen LogP contribution in [-0.4, -0.2) is 30.0 Å². The normalized spacial score (nSPS) is 20.5. The van der Waals surface area contributed by atoms with E-state index in [9.17, 15) is 4.79 Å². The second kappa shape index (κ2) is 7.83. The summed E-state index contributed by atoms with van der Waals surface area (Å²) in [6.07, 6.45) is 1.38. The Bertz CT molecular complexity index is 701. The van der Waals surface area contributed by atoms with Crippen LogP contribution in [0.1, 0.15) is 40.3 Å². The van der Waals surface area contributed by atoms with Crippen molar-refractivity contribution in [3.05, 3.63) is 59.0 Å². The first-order valence-corrected chi connectivity index (χ1v) is 7.85. The summed E-state index contributed by atoms with van der Waals surface area (Å²) in [5, 5.41) is 0. The minimum Gasteiger partial charge on any atom is -0.467 e. The van der Waals surface area contributed by atoms with Gasteiger partial charge in [0.2, 0.25) is 0 Å². The summed E-state index contributed by atoms with van der Waals surface area (Å²) < 4.78 is 11.3. The molecular weight excluding hydrogens is 328 g/mol. The lowest BCUT2D eigenvalue weighted by atomic mass is 10.0. The number of aryl methyl sites for hydroxylation is 1. The van der Waals surface area contributed by atoms with Crippen molar-refractivity contribution in [1.29, 1.82) is 0 Å². The Kier molecular flexibility index (Phi) is 6.04. The fraction of sp³-hybridized carbons (Fsp3) is 0.389. The van der Waals surface area contributed by atoms with Crippen LogP contribution in [0.15, 0.2) is 41.0 Å². The summed E-state index contributed by atoms with van der Waals surface area (Å²) >= 11 is 0. The van der Waals surface area contributed by atoms with E-state index in [0.717, 1.165) is 5.56 Å². The van der Waals surface area contributed by atoms with Crippen molar-refractivity contribution >= 4 is 18.3 Å². The number of carbonyl (C=O) groups is 1. The second-order valence-corrected chi connectivity index (χ2v) is 5.99. The van der Waals surface area contributed by atoms with E-state index in [1.165, 1.54) is 11.8 Å². The van der Waals surface area contributed by atoms with Gasteiger partial charge in [-0.05, 0) is 31.0 Å². The molecule has 2 heterocycles. The minimum absolute atomic E-state index is 0. The lowest BCUT2D eigenvalue weighted by Gasteiger charge is -2.38. The molecule has 3 rings (SSSR count). The van der Waals surface area contributed by atoms with Crippen molar-refractivity contribution in [3.8, 4) is 0 Å². The van der Waals surface area contributed by atoms with Gasteiger partial charge in [0, 0.05) is 0 Å². The Morgan fingerprint density at radius 3 is 2.79 bits per heavy atom. The number of halogens is 1. The molecule has 1 aliphatic heterocycles. The van der Waals surface area contributed by atoms with Gasteiger partial charge in [-0.25, -0.2) is 0 Å². The zero-order valence-corrected chi connectivity index (χ0v) is 14.7. The highest BCUT2D eigenvalue weighted by Crippen LogP contribution is 2.28. The Hall–Kier alpha value is -1.82. The van der Waals surface area contributed by atoms with Crippen molar-refractivity contribution in [1.82, 2.24) is 4.90 Å². The highest BCUT2D eigenvalue weighted by molar-refractivity contribution is 5.94. The quantitative estimate of drug-likeness (QED) is 0.923. The van der Waals surface area contributed by atoms with Crippen molar-refractivity contribution in [3.63, 3.8) is 0 Å². The Morgan fingerprint density at radius 2 is 2.12 bits per heavy atom. The SMILES string of the molecule is Cc1ccccc1C1CN(C(=O)c2coc(CN)c2)C(C)CO1.Cl. The van der Waals surface area contributed by atoms with E-state index in [0.29, 0.717) is 24.5 Å². The van der Waals surface area contributed by atoms with E-state index in [-0.39, 0.29) is 37.0 Å². The third kappa shape index (κ3) is 3.64. The van der Waals surface area contributed by atoms with Crippen molar-refractivity contribution in [2.24, 2.45) is 5.73 Å². The molecule has 1 amide bonds. The molecule has 6 heteroatoms. The lowest BCUT2D eigenvalue weighted by Crippen LogP contribution is -2.48. The van der Waals surface area contributed by atoms with Gasteiger partial charge in [0.05, 0.1) is 31.3 Å². The van der Waals surface area contributed by atoms with Crippen LogP contribution in [-0.2, 0) is 11.3 Å². The third-order valence-electron chi connectivity index (χ3n) is 4.33. The average Bonchev–Trinajstić information content (AvgIpc) is 3.04. The molecule has 2 unspecified atom stereocenters. The smallest absolute Gasteiger partial charge is 0.257 e. The van der Waals surface area contributed by atoms with E-state index in [4.69, 9.17) is 14.9 Å². The highest BCUT2D eigenvalue weighted by Gasteiger charge is 2.32. The van der Waals surface area contributed by atoms with Gasteiger partial charge in [0.15, 0.2) is 0 Å². The summed E-state index contributed by atoms with van der Waals surface area (Å²) in [7, 11) is 0. The van der Waals surface area contributed by atoms with Crippen LogP contribution in [0, 0.1) is 6.92 Å². The predicted molar refractivity (Wildman–Crippen MR) is 94.2 cm³/mol. The van der Waals surface area contributed by atoms with Crippen LogP contribution in [0.25, 0.3) is 0 Å². The Labute approximate surface area is 148 Å².